The second-order valence-electron chi connectivity index (χ2n) is 5.01. The van der Waals surface area contributed by atoms with Gasteiger partial charge in [0.2, 0.25) is 0 Å². The average Bonchev–Trinajstić information content (AvgIpc) is 2.38. The summed E-state index contributed by atoms with van der Waals surface area (Å²) in [5.41, 5.74) is 1.11. The van der Waals surface area contributed by atoms with Crippen LogP contribution < -0.4 is 5.32 Å². The molecule has 3 unspecified atom stereocenters. The molecule has 19 heavy (non-hydrogen) atoms. The standard InChI is InChI=1S/C13H19ClN2O3/c1-7-12(13(18)19-2)9(5-11(17)16-7)8-3-4-10(14)15-6-8/h6,8-11,16-17H,3-5H2,1-2H3/t8-,9?,10?,11?/m1/s1. The first kappa shape index (κ1) is 14.3. The van der Waals surface area contributed by atoms with Crippen molar-refractivity contribution in [3.8, 4) is 0 Å². The summed E-state index contributed by atoms with van der Waals surface area (Å²) in [7, 11) is 1.37. The smallest absolute Gasteiger partial charge is 0.335 e. The number of nitrogens with zero attached hydrogens (tertiary/aromatic N) is 1. The van der Waals surface area contributed by atoms with E-state index in [9.17, 15) is 9.90 Å². The predicted molar refractivity (Wildman–Crippen MR) is 72.8 cm³/mol. The van der Waals surface area contributed by atoms with Crippen molar-refractivity contribution in [3.05, 3.63) is 11.3 Å². The van der Waals surface area contributed by atoms with Crippen LogP contribution in [0.2, 0.25) is 0 Å². The van der Waals surface area contributed by atoms with Crippen molar-refractivity contribution in [1.82, 2.24) is 5.32 Å². The molecule has 0 fully saturated rings. The van der Waals surface area contributed by atoms with Gasteiger partial charge in [0.1, 0.15) is 11.7 Å². The number of carbonyl (C=O) groups is 1. The molecule has 2 aliphatic rings. The van der Waals surface area contributed by atoms with Crippen molar-refractivity contribution in [2.75, 3.05) is 7.11 Å². The first-order valence-electron chi connectivity index (χ1n) is 6.44. The maximum absolute atomic E-state index is 11.9. The highest BCUT2D eigenvalue weighted by Crippen LogP contribution is 2.35. The highest BCUT2D eigenvalue weighted by Gasteiger charge is 2.36. The summed E-state index contributed by atoms with van der Waals surface area (Å²) >= 11 is 5.94. The van der Waals surface area contributed by atoms with Crippen LogP contribution in [0.4, 0.5) is 0 Å². The minimum Gasteiger partial charge on any atom is -0.466 e. The van der Waals surface area contributed by atoms with Crippen LogP contribution in [-0.2, 0) is 9.53 Å². The monoisotopic (exact) mass is 286 g/mol. The third kappa shape index (κ3) is 3.09. The molecule has 0 saturated carbocycles. The molecule has 0 spiro atoms. The van der Waals surface area contributed by atoms with Crippen molar-refractivity contribution in [2.45, 2.75) is 37.9 Å². The Hall–Kier alpha value is -1.07. The number of allylic oxidation sites excluding steroid dienone is 1. The second kappa shape index (κ2) is 5.92. The zero-order valence-corrected chi connectivity index (χ0v) is 11.9. The van der Waals surface area contributed by atoms with Crippen molar-refractivity contribution in [3.63, 3.8) is 0 Å². The summed E-state index contributed by atoms with van der Waals surface area (Å²) in [6, 6.07) is 0. The van der Waals surface area contributed by atoms with Crippen LogP contribution in [0.1, 0.15) is 26.2 Å². The molecular weight excluding hydrogens is 268 g/mol. The van der Waals surface area contributed by atoms with E-state index in [0.717, 1.165) is 12.8 Å². The van der Waals surface area contributed by atoms with Crippen molar-refractivity contribution < 1.29 is 14.6 Å². The molecule has 5 nitrogen and oxygen atoms in total. The van der Waals surface area contributed by atoms with E-state index in [1.807, 2.05) is 6.21 Å². The van der Waals surface area contributed by atoms with Gasteiger partial charge in [-0.25, -0.2) is 4.79 Å². The Balaban J connectivity index is 2.27. The molecule has 0 amide bonds. The minimum absolute atomic E-state index is 0.0726. The Labute approximate surface area is 117 Å². The topological polar surface area (TPSA) is 70.9 Å². The Bertz CT molecular complexity index is 422. The Morgan fingerprint density at radius 1 is 1.58 bits per heavy atom. The fourth-order valence-corrected chi connectivity index (χ4v) is 3.01. The lowest BCUT2D eigenvalue weighted by Crippen LogP contribution is -2.41. The molecule has 2 rings (SSSR count). The van der Waals surface area contributed by atoms with Crippen molar-refractivity contribution in [1.29, 1.82) is 0 Å². The fourth-order valence-electron chi connectivity index (χ4n) is 2.81. The molecule has 2 heterocycles. The normalized spacial score (nSPS) is 34.9. The van der Waals surface area contributed by atoms with Gasteiger partial charge in [0, 0.05) is 23.7 Å². The molecule has 0 aliphatic carbocycles. The summed E-state index contributed by atoms with van der Waals surface area (Å²) in [4.78, 5) is 16.1. The lowest BCUT2D eigenvalue weighted by Gasteiger charge is -2.35. The number of ether oxygens (including phenoxy) is 1. The molecule has 0 aromatic carbocycles. The molecule has 0 radical (unpaired) electrons. The van der Waals surface area contributed by atoms with E-state index >= 15 is 0 Å². The number of rotatable bonds is 2. The van der Waals surface area contributed by atoms with E-state index in [2.05, 4.69) is 10.3 Å². The summed E-state index contributed by atoms with van der Waals surface area (Å²) in [5, 5.41) is 12.7. The quantitative estimate of drug-likeness (QED) is 0.457. The zero-order valence-electron chi connectivity index (χ0n) is 11.1. The molecule has 4 atom stereocenters. The largest absolute Gasteiger partial charge is 0.466 e. The van der Waals surface area contributed by atoms with E-state index in [4.69, 9.17) is 16.3 Å². The molecule has 0 aromatic heterocycles. The van der Waals surface area contributed by atoms with Crippen LogP contribution in [0.25, 0.3) is 0 Å². The molecule has 0 saturated heterocycles. The van der Waals surface area contributed by atoms with Crippen LogP contribution in [0.15, 0.2) is 16.3 Å². The van der Waals surface area contributed by atoms with Gasteiger partial charge in [0.25, 0.3) is 0 Å². The highest BCUT2D eigenvalue weighted by atomic mass is 35.5. The van der Waals surface area contributed by atoms with Crippen molar-refractivity contribution in [2.24, 2.45) is 16.8 Å². The number of aliphatic imine (C=N–C) groups is 1. The van der Waals surface area contributed by atoms with E-state index in [0.29, 0.717) is 17.7 Å². The summed E-state index contributed by atoms with van der Waals surface area (Å²) in [6.07, 6.45) is 3.31. The number of hydrogen-bond acceptors (Lipinski definition) is 5. The Morgan fingerprint density at radius 3 is 2.89 bits per heavy atom. The number of nitrogens with one attached hydrogen (secondary N) is 1. The molecular formula is C13H19ClN2O3. The molecule has 2 aliphatic heterocycles. The number of hydrogen-bond donors (Lipinski definition) is 2. The van der Waals surface area contributed by atoms with Crippen molar-refractivity contribution >= 4 is 23.8 Å². The van der Waals surface area contributed by atoms with E-state index < -0.39 is 6.23 Å². The summed E-state index contributed by atoms with van der Waals surface area (Å²) in [5.74, 6) is -0.296. The van der Waals surface area contributed by atoms with Gasteiger partial charge in [0.15, 0.2) is 0 Å². The maximum Gasteiger partial charge on any atom is 0.335 e. The molecule has 0 bridgehead atoms. The third-order valence-corrected chi connectivity index (χ3v) is 4.07. The molecule has 106 valence electrons. The van der Waals surface area contributed by atoms with E-state index in [1.54, 1.807) is 6.92 Å². The van der Waals surface area contributed by atoms with Gasteiger partial charge in [-0.3, -0.25) is 4.99 Å². The lowest BCUT2D eigenvalue weighted by atomic mass is 9.77. The predicted octanol–water partition coefficient (Wildman–Crippen LogP) is 1.41. The van der Waals surface area contributed by atoms with Gasteiger partial charge in [-0.15, -0.1) is 0 Å². The van der Waals surface area contributed by atoms with Gasteiger partial charge < -0.3 is 15.2 Å². The van der Waals surface area contributed by atoms with Crippen LogP contribution in [0, 0.1) is 11.8 Å². The van der Waals surface area contributed by atoms with Crippen LogP contribution in [-0.4, -0.2) is 36.1 Å². The number of esters is 1. The Morgan fingerprint density at radius 2 is 2.32 bits per heavy atom. The molecule has 2 N–H and O–H groups in total. The SMILES string of the molecule is COC(=O)C1=C(C)NC(O)CC1[C@H]1C=NC(Cl)CC1. The number of aliphatic hydroxyl groups is 1. The van der Waals surface area contributed by atoms with Gasteiger partial charge in [-0.05, 0) is 26.2 Å². The second-order valence-corrected chi connectivity index (χ2v) is 5.51. The zero-order chi connectivity index (χ0) is 14.0. The summed E-state index contributed by atoms with van der Waals surface area (Å²) < 4.78 is 4.85. The lowest BCUT2D eigenvalue weighted by molar-refractivity contribution is -0.137. The van der Waals surface area contributed by atoms with Gasteiger partial charge in [-0.1, -0.05) is 11.6 Å². The fraction of sp³-hybridized carbons (Fsp3) is 0.692. The van der Waals surface area contributed by atoms with E-state index in [-0.39, 0.29) is 23.3 Å². The van der Waals surface area contributed by atoms with Crippen LogP contribution >= 0.6 is 11.6 Å². The number of alkyl halides is 1. The van der Waals surface area contributed by atoms with Gasteiger partial charge >= 0.3 is 5.97 Å². The summed E-state index contributed by atoms with van der Waals surface area (Å²) in [6.45, 7) is 1.78. The van der Waals surface area contributed by atoms with E-state index in [1.165, 1.54) is 7.11 Å². The third-order valence-electron chi connectivity index (χ3n) is 3.73. The van der Waals surface area contributed by atoms with Crippen LogP contribution in [0.5, 0.6) is 0 Å². The highest BCUT2D eigenvalue weighted by molar-refractivity contribution is 6.20. The minimum atomic E-state index is -0.638. The Kier molecular flexibility index (Phi) is 4.47. The van der Waals surface area contributed by atoms with Crippen LogP contribution in [0.3, 0.4) is 0 Å². The molecule has 6 heteroatoms. The first-order chi connectivity index (χ1) is 9.02. The number of carbonyl (C=O) groups excluding carboxylic acids is 1. The maximum atomic E-state index is 11.9. The van der Waals surface area contributed by atoms with Gasteiger partial charge in [-0.2, -0.15) is 0 Å². The first-order valence-corrected chi connectivity index (χ1v) is 6.87. The number of aliphatic hydroxyl groups excluding tert-OH is 1. The number of halogens is 1. The average molecular weight is 287 g/mol. The molecule has 0 aromatic rings. The van der Waals surface area contributed by atoms with Gasteiger partial charge in [0.05, 0.1) is 12.7 Å². The number of methoxy groups -OCH3 is 1.